The molecule has 3 aromatic carbocycles. The summed E-state index contributed by atoms with van der Waals surface area (Å²) < 4.78 is 27.8. The van der Waals surface area contributed by atoms with Gasteiger partial charge in [0.15, 0.2) is 0 Å². The predicted octanol–water partition coefficient (Wildman–Crippen LogP) is 6.84. The lowest BCUT2D eigenvalue weighted by Crippen LogP contribution is -2.06. The van der Waals surface area contributed by atoms with E-state index in [0.29, 0.717) is 22.0 Å². The zero-order valence-electron chi connectivity index (χ0n) is 16.9. The quantitative estimate of drug-likeness (QED) is 0.290. The van der Waals surface area contributed by atoms with Gasteiger partial charge in [0.1, 0.15) is 23.0 Å². The molecule has 1 aromatic heterocycles. The maximum absolute atomic E-state index is 14.5. The first kappa shape index (κ1) is 21.4. The second-order valence-corrected chi connectivity index (χ2v) is 8.03. The monoisotopic (exact) mass is 500 g/mol. The molecule has 0 radical (unpaired) electrons. The van der Waals surface area contributed by atoms with E-state index in [2.05, 4.69) is 15.9 Å². The van der Waals surface area contributed by atoms with E-state index in [1.807, 2.05) is 48.5 Å². The van der Waals surface area contributed by atoms with E-state index in [4.69, 9.17) is 26.2 Å². The van der Waals surface area contributed by atoms with Gasteiger partial charge in [0.25, 0.3) is 0 Å². The number of methoxy groups -OCH3 is 2. The summed E-state index contributed by atoms with van der Waals surface area (Å²) in [6.07, 6.45) is 0. The van der Waals surface area contributed by atoms with Crippen molar-refractivity contribution >= 4 is 27.5 Å². The number of aromatic nitrogens is 2. The molecule has 0 spiro atoms. The van der Waals surface area contributed by atoms with Crippen molar-refractivity contribution in [1.82, 2.24) is 9.78 Å². The average Bonchev–Trinajstić information content (AvgIpc) is 3.12. The summed E-state index contributed by atoms with van der Waals surface area (Å²) in [6, 6.07) is 19.9. The molecule has 4 rings (SSSR count). The van der Waals surface area contributed by atoms with E-state index in [9.17, 15) is 4.39 Å². The third-order valence-electron chi connectivity index (χ3n) is 4.95. The van der Waals surface area contributed by atoms with Gasteiger partial charge in [0.05, 0.1) is 30.9 Å². The van der Waals surface area contributed by atoms with Gasteiger partial charge in [-0.05, 0) is 52.3 Å². The highest BCUT2D eigenvalue weighted by Gasteiger charge is 2.21. The van der Waals surface area contributed by atoms with Crippen molar-refractivity contribution < 1.29 is 13.9 Å². The maximum Gasteiger partial charge on any atom is 0.129 e. The maximum atomic E-state index is 14.5. The standard InChI is InChI=1S/C24H19BrClFN2O2/c1-30-17-8-3-6-15(12-17)23-22(25)24(16-7-4-9-18(13-16)31-2)29(28-23)14-19-20(26)10-5-11-21(19)27/h3-13H,14H2,1-2H3. The van der Waals surface area contributed by atoms with E-state index < -0.39 is 0 Å². The predicted molar refractivity (Wildman–Crippen MR) is 124 cm³/mol. The van der Waals surface area contributed by atoms with Crippen LogP contribution in [0.1, 0.15) is 5.56 Å². The molecule has 0 bridgehead atoms. The molecule has 0 aliphatic rings. The van der Waals surface area contributed by atoms with Gasteiger partial charge in [-0.25, -0.2) is 4.39 Å². The lowest BCUT2D eigenvalue weighted by atomic mass is 10.1. The zero-order valence-corrected chi connectivity index (χ0v) is 19.2. The van der Waals surface area contributed by atoms with E-state index in [0.717, 1.165) is 27.0 Å². The molecule has 0 atom stereocenters. The smallest absolute Gasteiger partial charge is 0.129 e. The molecule has 4 aromatic rings. The van der Waals surface area contributed by atoms with Crippen LogP contribution < -0.4 is 9.47 Å². The fourth-order valence-corrected chi connectivity index (χ4v) is 4.35. The first-order chi connectivity index (χ1) is 15.0. The number of ether oxygens (including phenoxy) is 2. The first-order valence-electron chi connectivity index (χ1n) is 9.50. The molecule has 0 N–H and O–H groups in total. The highest BCUT2D eigenvalue weighted by atomic mass is 79.9. The Morgan fingerprint density at radius 1 is 0.935 bits per heavy atom. The molecule has 0 saturated heterocycles. The Morgan fingerprint density at radius 2 is 1.55 bits per heavy atom. The van der Waals surface area contributed by atoms with Crippen molar-refractivity contribution in [3.63, 3.8) is 0 Å². The van der Waals surface area contributed by atoms with Gasteiger partial charge in [-0.15, -0.1) is 0 Å². The lowest BCUT2D eigenvalue weighted by Gasteiger charge is -2.11. The van der Waals surface area contributed by atoms with Gasteiger partial charge in [-0.2, -0.15) is 5.10 Å². The van der Waals surface area contributed by atoms with Crippen LogP contribution in [0.25, 0.3) is 22.5 Å². The largest absolute Gasteiger partial charge is 0.497 e. The van der Waals surface area contributed by atoms with Crippen LogP contribution >= 0.6 is 27.5 Å². The van der Waals surface area contributed by atoms with Gasteiger partial charge in [0.2, 0.25) is 0 Å². The van der Waals surface area contributed by atoms with Crippen molar-refractivity contribution in [3.05, 3.63) is 87.6 Å². The Balaban J connectivity index is 1.91. The van der Waals surface area contributed by atoms with E-state index in [1.165, 1.54) is 6.07 Å². The molecule has 1 heterocycles. The Labute approximate surface area is 193 Å². The Hall–Kier alpha value is -2.83. The molecule has 0 aliphatic heterocycles. The third kappa shape index (κ3) is 4.31. The van der Waals surface area contributed by atoms with Crippen LogP contribution in [0.3, 0.4) is 0 Å². The number of benzene rings is 3. The highest BCUT2D eigenvalue weighted by Crippen LogP contribution is 2.39. The second kappa shape index (κ2) is 9.12. The highest BCUT2D eigenvalue weighted by molar-refractivity contribution is 9.10. The number of rotatable bonds is 6. The van der Waals surface area contributed by atoms with Gasteiger partial charge < -0.3 is 9.47 Å². The molecule has 0 unspecified atom stereocenters. The molecule has 0 amide bonds. The Morgan fingerprint density at radius 3 is 2.19 bits per heavy atom. The fraction of sp³-hybridized carbons (Fsp3) is 0.125. The minimum Gasteiger partial charge on any atom is -0.497 e. The first-order valence-corrected chi connectivity index (χ1v) is 10.7. The molecule has 31 heavy (non-hydrogen) atoms. The average molecular weight is 502 g/mol. The molecule has 0 aliphatic carbocycles. The summed E-state index contributed by atoms with van der Waals surface area (Å²) in [7, 11) is 3.24. The van der Waals surface area contributed by atoms with Crippen LogP contribution in [-0.2, 0) is 6.54 Å². The lowest BCUT2D eigenvalue weighted by molar-refractivity contribution is 0.415. The minimum absolute atomic E-state index is 0.167. The Bertz CT molecular complexity index is 1220. The van der Waals surface area contributed by atoms with Crippen molar-refractivity contribution in [1.29, 1.82) is 0 Å². The summed E-state index contributed by atoms with van der Waals surface area (Å²) in [5.74, 6) is 1.06. The van der Waals surface area contributed by atoms with E-state index in [-0.39, 0.29) is 12.4 Å². The fourth-order valence-electron chi connectivity index (χ4n) is 3.39. The minimum atomic E-state index is -0.376. The molecule has 0 fully saturated rings. The Kier molecular flexibility index (Phi) is 6.30. The normalized spacial score (nSPS) is 10.9. The number of hydrogen-bond donors (Lipinski definition) is 0. The summed E-state index contributed by atoms with van der Waals surface area (Å²) in [5, 5.41) is 5.17. The van der Waals surface area contributed by atoms with Crippen molar-refractivity contribution in [2.24, 2.45) is 0 Å². The zero-order chi connectivity index (χ0) is 22.0. The summed E-state index contributed by atoms with van der Waals surface area (Å²) in [5.41, 5.74) is 3.62. The topological polar surface area (TPSA) is 36.3 Å². The number of nitrogens with zero attached hydrogens (tertiary/aromatic N) is 2. The van der Waals surface area contributed by atoms with Gasteiger partial charge in [-0.1, -0.05) is 41.9 Å². The molecule has 0 saturated carbocycles. The summed E-state index contributed by atoms with van der Waals surface area (Å²) in [6.45, 7) is 0.167. The summed E-state index contributed by atoms with van der Waals surface area (Å²) in [4.78, 5) is 0. The van der Waals surface area contributed by atoms with Crippen LogP contribution in [0.5, 0.6) is 11.5 Å². The van der Waals surface area contributed by atoms with Crippen molar-refractivity contribution in [2.45, 2.75) is 6.54 Å². The molecule has 7 heteroatoms. The summed E-state index contributed by atoms with van der Waals surface area (Å²) >= 11 is 10.0. The third-order valence-corrected chi connectivity index (χ3v) is 6.06. The van der Waals surface area contributed by atoms with Gasteiger partial charge in [0, 0.05) is 21.7 Å². The SMILES string of the molecule is COc1cccc(-c2nn(Cc3c(F)cccc3Cl)c(-c3cccc(OC)c3)c2Br)c1. The molecule has 4 nitrogen and oxygen atoms in total. The second-order valence-electron chi connectivity index (χ2n) is 6.83. The number of halogens is 3. The van der Waals surface area contributed by atoms with Gasteiger partial charge >= 0.3 is 0 Å². The van der Waals surface area contributed by atoms with Crippen molar-refractivity contribution in [2.75, 3.05) is 14.2 Å². The number of hydrogen-bond acceptors (Lipinski definition) is 3. The van der Waals surface area contributed by atoms with Crippen LogP contribution in [0.15, 0.2) is 71.2 Å². The van der Waals surface area contributed by atoms with Crippen LogP contribution in [-0.4, -0.2) is 24.0 Å². The van der Waals surface area contributed by atoms with Crippen LogP contribution in [0.4, 0.5) is 4.39 Å². The molecular weight excluding hydrogens is 483 g/mol. The molecule has 158 valence electrons. The van der Waals surface area contributed by atoms with Gasteiger partial charge in [-0.3, -0.25) is 4.68 Å². The van der Waals surface area contributed by atoms with Crippen molar-refractivity contribution in [3.8, 4) is 34.0 Å². The van der Waals surface area contributed by atoms with E-state index in [1.54, 1.807) is 31.0 Å². The molecular formula is C24H19BrClFN2O2. The van der Waals surface area contributed by atoms with Crippen LogP contribution in [0, 0.1) is 5.82 Å². The van der Waals surface area contributed by atoms with Crippen LogP contribution in [0.2, 0.25) is 5.02 Å². The van der Waals surface area contributed by atoms with E-state index >= 15 is 0 Å².